The van der Waals surface area contributed by atoms with Crippen LogP contribution in [0.25, 0.3) is 21.8 Å². The van der Waals surface area contributed by atoms with Gasteiger partial charge in [0.05, 0.1) is 16.3 Å². The van der Waals surface area contributed by atoms with E-state index in [1.54, 1.807) is 30.5 Å². The van der Waals surface area contributed by atoms with Crippen LogP contribution in [0.5, 0.6) is 0 Å². The first kappa shape index (κ1) is 34.8. The van der Waals surface area contributed by atoms with E-state index in [1.807, 2.05) is 12.1 Å². The molecule has 10 nitrogen and oxygen atoms in total. The molecule has 0 atom stereocenters. The average Bonchev–Trinajstić information content (AvgIpc) is 3.46. The van der Waals surface area contributed by atoms with Crippen molar-refractivity contribution in [3.63, 3.8) is 0 Å². The molecule has 0 saturated heterocycles. The van der Waals surface area contributed by atoms with Gasteiger partial charge in [0, 0.05) is 43.3 Å². The Morgan fingerprint density at radius 1 is 1.00 bits per heavy atom. The zero-order valence-electron chi connectivity index (χ0n) is 25.9. The molecule has 1 aliphatic heterocycles. The number of nitrogens with one attached hydrogen (secondary N) is 1. The highest BCUT2D eigenvalue weighted by atomic mass is 32.1. The van der Waals surface area contributed by atoms with Gasteiger partial charge in [-0.15, -0.1) is 0 Å². The molecule has 1 aliphatic rings. The molecule has 49 heavy (non-hydrogen) atoms. The molecule has 2 aromatic heterocycles. The van der Waals surface area contributed by atoms with Gasteiger partial charge in [-0.1, -0.05) is 35.6 Å². The van der Waals surface area contributed by atoms with Crippen LogP contribution >= 0.6 is 11.3 Å². The number of nitrogens with zero attached hydrogens (tertiary/aromatic N) is 5. The lowest BCUT2D eigenvalue weighted by Gasteiger charge is -2.25. The number of thiazole rings is 1. The normalized spacial score (nSPS) is 12.8. The molecule has 5 aromatic rings. The summed E-state index contributed by atoms with van der Waals surface area (Å²) >= 11 is 1.28. The van der Waals surface area contributed by atoms with Crippen LogP contribution in [0.1, 0.15) is 21.5 Å². The van der Waals surface area contributed by atoms with Gasteiger partial charge >= 0.3 is 12.1 Å². The van der Waals surface area contributed by atoms with Crippen LogP contribution in [0.15, 0.2) is 72.9 Å². The third-order valence-corrected chi connectivity index (χ3v) is 8.34. The number of carboxylic acid groups (broad SMARTS) is 1. The fraction of sp³-hybridized carbons (Fsp3) is 0.182. The maximum atomic E-state index is 14.3. The van der Waals surface area contributed by atoms with Crippen molar-refractivity contribution >= 4 is 45.7 Å². The van der Waals surface area contributed by atoms with Crippen molar-refractivity contribution in [2.75, 3.05) is 36.6 Å². The molecular formula is C33H28F5N7O3S. The van der Waals surface area contributed by atoms with Gasteiger partial charge < -0.3 is 26.0 Å². The predicted octanol–water partition coefficient (Wildman–Crippen LogP) is 6.77. The molecule has 4 N–H and O–H groups in total. The summed E-state index contributed by atoms with van der Waals surface area (Å²) in [5, 5.41) is 10.8. The Hall–Kier alpha value is -5.48. The molecule has 3 aromatic carbocycles. The number of alkyl halides is 3. The minimum absolute atomic E-state index is 0.343. The van der Waals surface area contributed by atoms with Crippen molar-refractivity contribution in [2.45, 2.75) is 19.1 Å². The van der Waals surface area contributed by atoms with E-state index in [9.17, 15) is 26.7 Å². The number of aromatic nitrogens is 3. The van der Waals surface area contributed by atoms with Crippen LogP contribution in [0, 0.1) is 11.6 Å². The molecule has 3 heterocycles. The summed E-state index contributed by atoms with van der Waals surface area (Å²) < 4.78 is 60.3. The van der Waals surface area contributed by atoms with Crippen LogP contribution in [0.4, 0.5) is 44.4 Å². The Morgan fingerprint density at radius 3 is 2.39 bits per heavy atom. The highest BCUT2D eigenvalue weighted by molar-refractivity contribution is 7.19. The second-order valence-electron chi connectivity index (χ2n) is 10.9. The van der Waals surface area contributed by atoms with Crippen LogP contribution in [-0.2, 0) is 17.8 Å². The largest absolute Gasteiger partial charge is 0.490 e. The lowest BCUT2D eigenvalue weighted by molar-refractivity contribution is -0.192. The quantitative estimate of drug-likeness (QED) is 0.164. The monoisotopic (exact) mass is 697 g/mol. The number of nitrogen functional groups attached to an aromatic ring is 1. The Kier molecular flexibility index (Phi) is 10.2. The number of fused-ring (bicyclic) bond motifs is 1. The third kappa shape index (κ3) is 8.16. The van der Waals surface area contributed by atoms with Crippen molar-refractivity contribution in [2.24, 2.45) is 0 Å². The molecule has 0 fully saturated rings. The first-order valence-corrected chi connectivity index (χ1v) is 15.3. The summed E-state index contributed by atoms with van der Waals surface area (Å²) in [6, 6.07) is 18.4. The number of aliphatic carboxylic acids is 1. The highest BCUT2D eigenvalue weighted by Crippen LogP contribution is 2.38. The van der Waals surface area contributed by atoms with E-state index in [4.69, 9.17) is 20.6 Å². The van der Waals surface area contributed by atoms with Crippen molar-refractivity contribution in [3.8, 4) is 21.8 Å². The van der Waals surface area contributed by atoms with E-state index < -0.39 is 35.3 Å². The Morgan fingerprint density at radius 2 is 1.69 bits per heavy atom. The van der Waals surface area contributed by atoms with E-state index in [0.717, 1.165) is 42.2 Å². The summed E-state index contributed by atoms with van der Waals surface area (Å²) in [6.07, 6.45) is -2.39. The predicted molar refractivity (Wildman–Crippen MR) is 176 cm³/mol. The molecule has 0 unspecified atom stereocenters. The smallest absolute Gasteiger partial charge is 0.475 e. The van der Waals surface area contributed by atoms with E-state index in [2.05, 4.69) is 39.4 Å². The molecule has 254 valence electrons. The first-order valence-electron chi connectivity index (χ1n) is 14.5. The minimum Gasteiger partial charge on any atom is -0.475 e. The first-order chi connectivity index (χ1) is 23.2. The van der Waals surface area contributed by atoms with E-state index in [0.29, 0.717) is 33.7 Å². The number of hydrogen-bond donors (Lipinski definition) is 3. The number of amides is 1. The van der Waals surface area contributed by atoms with Crippen LogP contribution in [0.2, 0.25) is 0 Å². The topological polar surface area (TPSA) is 138 Å². The molecular weight excluding hydrogens is 669 g/mol. The van der Waals surface area contributed by atoms with Crippen LogP contribution < -0.4 is 16.0 Å². The third-order valence-electron chi connectivity index (χ3n) is 7.43. The summed E-state index contributed by atoms with van der Waals surface area (Å²) in [6.45, 7) is 1.94. The number of carboxylic acids is 1. The Labute approximate surface area is 280 Å². The molecule has 0 spiro atoms. The van der Waals surface area contributed by atoms with E-state index in [1.165, 1.54) is 40.5 Å². The van der Waals surface area contributed by atoms with Gasteiger partial charge in [-0.25, -0.2) is 28.5 Å². The molecule has 0 radical (unpaired) electrons. The summed E-state index contributed by atoms with van der Waals surface area (Å²) in [4.78, 5) is 39.8. The summed E-state index contributed by atoms with van der Waals surface area (Å²) in [5.74, 6) is -4.98. The van der Waals surface area contributed by atoms with Gasteiger partial charge in [-0.2, -0.15) is 13.2 Å². The zero-order chi connectivity index (χ0) is 35.5. The number of hydrogen-bond acceptors (Lipinski definition) is 9. The number of carbonyl (C=O) groups excluding carboxylic acids is 1. The number of nitrogens with two attached hydrogens (primary N) is 1. The maximum Gasteiger partial charge on any atom is 0.490 e. The number of benzene rings is 3. The lowest BCUT2D eigenvalue weighted by atomic mass is 9.99. The summed E-state index contributed by atoms with van der Waals surface area (Å²) in [5.41, 5.74) is 11.3. The minimum atomic E-state index is -5.08. The second kappa shape index (κ2) is 14.3. The number of rotatable bonds is 6. The molecule has 6 rings (SSSR count). The van der Waals surface area contributed by atoms with Crippen LogP contribution in [0.3, 0.4) is 0 Å². The fourth-order valence-electron chi connectivity index (χ4n) is 5.01. The number of halogens is 5. The van der Waals surface area contributed by atoms with Crippen molar-refractivity contribution in [1.29, 1.82) is 0 Å². The van der Waals surface area contributed by atoms with Gasteiger partial charge in [0.25, 0.3) is 5.91 Å². The van der Waals surface area contributed by atoms with E-state index >= 15 is 0 Å². The SMILES string of the molecule is CN1CCc2ccc(Nc3nccc(-c4sc(N)nc4-c4cccc(N(C)C(=O)c5c(F)cccc5F)c4)n3)cc2C1.O=C(O)C(F)(F)F. The van der Waals surface area contributed by atoms with Crippen molar-refractivity contribution in [1.82, 2.24) is 19.9 Å². The Balaban J connectivity index is 0.000000606. The van der Waals surface area contributed by atoms with E-state index in [-0.39, 0.29) is 0 Å². The van der Waals surface area contributed by atoms with Gasteiger partial charge in [0.15, 0.2) is 5.13 Å². The average molecular weight is 698 g/mol. The number of carbonyl (C=O) groups is 2. The number of likely N-dealkylation sites (N-methyl/N-ethyl adjacent to an activating group) is 1. The van der Waals surface area contributed by atoms with Crippen molar-refractivity contribution in [3.05, 3.63) is 101 Å². The van der Waals surface area contributed by atoms with Gasteiger partial charge in [0.1, 0.15) is 17.2 Å². The molecule has 0 bridgehead atoms. The van der Waals surface area contributed by atoms with Gasteiger partial charge in [-0.3, -0.25) is 4.79 Å². The zero-order valence-corrected chi connectivity index (χ0v) is 26.7. The van der Waals surface area contributed by atoms with Gasteiger partial charge in [0.2, 0.25) is 5.95 Å². The molecule has 1 amide bonds. The van der Waals surface area contributed by atoms with Gasteiger partial charge in [-0.05, 0) is 67.1 Å². The molecule has 0 saturated carbocycles. The molecule has 0 aliphatic carbocycles. The van der Waals surface area contributed by atoms with Crippen molar-refractivity contribution < 1.29 is 36.6 Å². The number of anilines is 4. The molecule has 16 heteroatoms. The standard InChI is InChI=1S/C31H27F2N7OS.C2HF3O2/c1-39-14-12-18-9-10-21(15-20(18)17-39)36-31-35-13-11-25(37-31)28-27(38-30(34)42-28)19-5-3-6-22(16-19)40(2)29(41)26-23(32)7-4-8-24(26)33;3-2(4,5)1(6)7/h3-11,13,15-16H,12,14,17H2,1-2H3,(H2,34,38)(H,35,36,37);(H,6,7). The maximum absolute atomic E-state index is 14.3. The summed E-state index contributed by atoms with van der Waals surface area (Å²) in [7, 11) is 3.58. The highest BCUT2D eigenvalue weighted by Gasteiger charge is 2.38. The van der Waals surface area contributed by atoms with Crippen LogP contribution in [-0.4, -0.2) is 63.7 Å². The second-order valence-corrected chi connectivity index (χ2v) is 11.9. The Bertz CT molecular complexity index is 2000. The lowest BCUT2D eigenvalue weighted by Crippen LogP contribution is -2.28. The fourth-order valence-corrected chi connectivity index (χ4v) is 5.83.